The first-order valence-electron chi connectivity index (χ1n) is 4.47. The highest BCUT2D eigenvalue weighted by atomic mass is 32.1. The van der Waals surface area contributed by atoms with E-state index in [0.29, 0.717) is 12.8 Å². The minimum Gasteiger partial charge on any atom is -0.396 e. The summed E-state index contributed by atoms with van der Waals surface area (Å²) in [6.07, 6.45) is 1.14. The Morgan fingerprint density at radius 2 is 2.50 bits per heavy atom. The van der Waals surface area contributed by atoms with Crippen LogP contribution in [0.2, 0.25) is 0 Å². The van der Waals surface area contributed by atoms with Crippen LogP contribution in [0.25, 0.3) is 0 Å². The van der Waals surface area contributed by atoms with E-state index < -0.39 is 0 Å². The van der Waals surface area contributed by atoms with Crippen LogP contribution in [-0.4, -0.2) is 22.6 Å². The summed E-state index contributed by atoms with van der Waals surface area (Å²) in [5, 5.41) is 11.3. The van der Waals surface area contributed by atoms with Crippen LogP contribution < -0.4 is 5.73 Å². The Kier molecular flexibility index (Phi) is 4.03. The number of hydrogen-bond donors (Lipinski definition) is 2. The molecule has 1 amide bonds. The molecular formula is C9H14N2O2S. The first-order chi connectivity index (χ1) is 6.65. The molecule has 1 heterocycles. The fourth-order valence-corrected chi connectivity index (χ4v) is 2.15. The van der Waals surface area contributed by atoms with Crippen molar-refractivity contribution in [3.63, 3.8) is 0 Å². The van der Waals surface area contributed by atoms with Gasteiger partial charge in [0.15, 0.2) is 0 Å². The van der Waals surface area contributed by atoms with Crippen LogP contribution in [0.5, 0.6) is 0 Å². The van der Waals surface area contributed by atoms with Crippen LogP contribution in [0.15, 0.2) is 5.38 Å². The minimum atomic E-state index is -0.368. The number of hydrogen-bond acceptors (Lipinski definition) is 4. The Labute approximate surface area is 86.8 Å². The summed E-state index contributed by atoms with van der Waals surface area (Å²) in [5.74, 6) is -0.714. The lowest BCUT2D eigenvalue weighted by atomic mass is 10.0. The highest BCUT2D eigenvalue weighted by Crippen LogP contribution is 2.24. The molecule has 0 aromatic carbocycles. The molecule has 1 rings (SSSR count). The van der Waals surface area contributed by atoms with Gasteiger partial charge in [0.25, 0.3) is 0 Å². The number of aryl methyl sites for hydroxylation is 1. The molecule has 1 aromatic heterocycles. The van der Waals surface area contributed by atoms with E-state index in [1.807, 2.05) is 12.3 Å². The number of carbonyl (C=O) groups excluding carboxylic acids is 1. The monoisotopic (exact) mass is 214 g/mol. The SMILES string of the molecule is Cc1csc(C(CCCO)C(N)=O)n1. The third kappa shape index (κ3) is 2.78. The maximum absolute atomic E-state index is 11.1. The van der Waals surface area contributed by atoms with Crippen LogP contribution in [0.1, 0.15) is 29.5 Å². The molecule has 78 valence electrons. The van der Waals surface area contributed by atoms with E-state index in [0.717, 1.165) is 10.7 Å². The number of rotatable bonds is 5. The van der Waals surface area contributed by atoms with E-state index in [-0.39, 0.29) is 18.4 Å². The van der Waals surface area contributed by atoms with Crippen LogP contribution in [0.4, 0.5) is 0 Å². The molecule has 14 heavy (non-hydrogen) atoms. The van der Waals surface area contributed by atoms with Gasteiger partial charge in [-0.05, 0) is 19.8 Å². The second kappa shape index (κ2) is 5.07. The Morgan fingerprint density at radius 3 is 2.93 bits per heavy atom. The van der Waals surface area contributed by atoms with Crippen molar-refractivity contribution >= 4 is 17.2 Å². The topological polar surface area (TPSA) is 76.2 Å². The van der Waals surface area contributed by atoms with Gasteiger partial charge in [-0.2, -0.15) is 0 Å². The van der Waals surface area contributed by atoms with Crippen molar-refractivity contribution in [2.75, 3.05) is 6.61 Å². The Morgan fingerprint density at radius 1 is 1.79 bits per heavy atom. The van der Waals surface area contributed by atoms with Crippen LogP contribution in [-0.2, 0) is 4.79 Å². The number of aliphatic hydroxyl groups excluding tert-OH is 1. The summed E-state index contributed by atoms with van der Waals surface area (Å²) in [4.78, 5) is 15.3. The van der Waals surface area contributed by atoms with E-state index in [4.69, 9.17) is 10.8 Å². The second-order valence-electron chi connectivity index (χ2n) is 3.15. The standard InChI is InChI=1S/C9H14N2O2S/c1-6-5-14-9(11-6)7(8(10)13)3-2-4-12/h5,7,12H,2-4H2,1H3,(H2,10,13). The van der Waals surface area contributed by atoms with Gasteiger partial charge in [-0.15, -0.1) is 11.3 Å². The molecule has 3 N–H and O–H groups in total. The molecule has 1 aromatic rings. The number of aromatic nitrogens is 1. The molecule has 0 aliphatic carbocycles. The van der Waals surface area contributed by atoms with Gasteiger partial charge in [-0.3, -0.25) is 4.79 Å². The third-order valence-corrected chi connectivity index (χ3v) is 3.01. The molecule has 0 saturated heterocycles. The zero-order valence-corrected chi connectivity index (χ0v) is 8.88. The molecule has 1 atom stereocenters. The highest BCUT2D eigenvalue weighted by Gasteiger charge is 2.20. The molecule has 0 fully saturated rings. The van der Waals surface area contributed by atoms with Crippen molar-refractivity contribution in [3.8, 4) is 0 Å². The number of carbonyl (C=O) groups is 1. The van der Waals surface area contributed by atoms with E-state index in [2.05, 4.69) is 4.98 Å². The molecule has 1 unspecified atom stereocenters. The zero-order valence-electron chi connectivity index (χ0n) is 8.06. The van der Waals surface area contributed by atoms with Gasteiger partial charge in [0.05, 0.1) is 5.92 Å². The normalized spacial score (nSPS) is 12.7. The molecule has 0 aliphatic heterocycles. The van der Waals surface area contributed by atoms with Crippen LogP contribution in [0, 0.1) is 6.92 Å². The largest absolute Gasteiger partial charge is 0.396 e. The van der Waals surface area contributed by atoms with Crippen molar-refractivity contribution in [2.45, 2.75) is 25.7 Å². The van der Waals surface area contributed by atoms with E-state index in [1.54, 1.807) is 0 Å². The predicted octanol–water partition coefficient (Wildman–Crippen LogP) is 0.793. The van der Waals surface area contributed by atoms with Gasteiger partial charge in [0, 0.05) is 17.7 Å². The lowest BCUT2D eigenvalue weighted by molar-refractivity contribution is -0.119. The number of primary amides is 1. The number of nitrogens with two attached hydrogens (primary N) is 1. The maximum Gasteiger partial charge on any atom is 0.227 e. The Hall–Kier alpha value is -0.940. The lowest BCUT2D eigenvalue weighted by Gasteiger charge is -2.08. The molecular weight excluding hydrogens is 200 g/mol. The van der Waals surface area contributed by atoms with Crippen molar-refractivity contribution in [3.05, 3.63) is 16.1 Å². The van der Waals surface area contributed by atoms with Gasteiger partial charge >= 0.3 is 0 Å². The number of amides is 1. The predicted molar refractivity (Wildman–Crippen MR) is 55.1 cm³/mol. The molecule has 0 aliphatic rings. The molecule has 5 heteroatoms. The first kappa shape index (κ1) is 11.1. The summed E-state index contributed by atoms with van der Waals surface area (Å²) in [7, 11) is 0. The van der Waals surface area contributed by atoms with Crippen LogP contribution >= 0.6 is 11.3 Å². The van der Waals surface area contributed by atoms with Crippen molar-refractivity contribution in [1.82, 2.24) is 4.98 Å². The fraction of sp³-hybridized carbons (Fsp3) is 0.556. The van der Waals surface area contributed by atoms with Gasteiger partial charge in [-0.1, -0.05) is 0 Å². The van der Waals surface area contributed by atoms with Gasteiger partial charge < -0.3 is 10.8 Å². The second-order valence-corrected chi connectivity index (χ2v) is 4.04. The fourth-order valence-electron chi connectivity index (χ4n) is 1.22. The number of nitrogens with zero attached hydrogens (tertiary/aromatic N) is 1. The Bertz CT molecular complexity index is 312. The van der Waals surface area contributed by atoms with E-state index >= 15 is 0 Å². The summed E-state index contributed by atoms with van der Waals surface area (Å²) in [6, 6.07) is 0. The molecule has 0 bridgehead atoms. The first-order valence-corrected chi connectivity index (χ1v) is 5.35. The summed E-state index contributed by atoms with van der Waals surface area (Å²) in [6.45, 7) is 1.96. The maximum atomic E-state index is 11.1. The lowest BCUT2D eigenvalue weighted by Crippen LogP contribution is -2.21. The third-order valence-electron chi connectivity index (χ3n) is 1.93. The Balaban J connectivity index is 2.72. The highest BCUT2D eigenvalue weighted by molar-refractivity contribution is 7.09. The molecule has 0 spiro atoms. The number of aliphatic hydroxyl groups is 1. The van der Waals surface area contributed by atoms with Crippen molar-refractivity contribution in [1.29, 1.82) is 0 Å². The quantitative estimate of drug-likeness (QED) is 0.761. The summed E-state index contributed by atoms with van der Waals surface area (Å²) >= 11 is 1.44. The summed E-state index contributed by atoms with van der Waals surface area (Å²) in [5.41, 5.74) is 6.17. The van der Waals surface area contributed by atoms with Crippen LogP contribution in [0.3, 0.4) is 0 Å². The average molecular weight is 214 g/mol. The molecule has 0 saturated carbocycles. The smallest absolute Gasteiger partial charge is 0.227 e. The van der Waals surface area contributed by atoms with Gasteiger partial charge in [0.2, 0.25) is 5.91 Å². The van der Waals surface area contributed by atoms with E-state index in [9.17, 15) is 4.79 Å². The van der Waals surface area contributed by atoms with Gasteiger partial charge in [-0.25, -0.2) is 4.98 Å². The molecule has 0 radical (unpaired) electrons. The molecule has 4 nitrogen and oxygen atoms in total. The minimum absolute atomic E-state index is 0.0775. The zero-order chi connectivity index (χ0) is 10.6. The summed E-state index contributed by atoms with van der Waals surface area (Å²) < 4.78 is 0. The average Bonchev–Trinajstić information content (AvgIpc) is 2.52. The van der Waals surface area contributed by atoms with Crippen molar-refractivity contribution in [2.24, 2.45) is 5.73 Å². The van der Waals surface area contributed by atoms with Gasteiger partial charge in [0.1, 0.15) is 5.01 Å². The van der Waals surface area contributed by atoms with Crippen molar-refractivity contribution < 1.29 is 9.90 Å². The number of thiazole rings is 1. The van der Waals surface area contributed by atoms with E-state index in [1.165, 1.54) is 11.3 Å².